The van der Waals surface area contributed by atoms with E-state index in [4.69, 9.17) is 9.15 Å². The molecule has 0 N–H and O–H groups in total. The first-order valence-corrected chi connectivity index (χ1v) is 8.06. The summed E-state index contributed by atoms with van der Waals surface area (Å²) in [5, 5.41) is 11.7. The number of aryl methyl sites for hydroxylation is 1. The zero-order valence-corrected chi connectivity index (χ0v) is 13.3. The number of hydrogen-bond donors (Lipinski definition) is 0. The van der Waals surface area contributed by atoms with Crippen molar-refractivity contribution in [3.63, 3.8) is 0 Å². The summed E-state index contributed by atoms with van der Waals surface area (Å²) >= 11 is 0. The predicted molar refractivity (Wildman–Crippen MR) is 90.5 cm³/mol. The Morgan fingerprint density at radius 3 is 2.76 bits per heavy atom. The SMILES string of the molecule is O=C(OC1CCc2oc3ccc([N+](=O)[O-])cc3c2C1)c1ccccc1. The molecule has 1 aliphatic carbocycles. The molecule has 6 nitrogen and oxygen atoms in total. The Bertz CT molecular complexity index is 961. The molecule has 3 aromatic rings. The minimum absolute atomic E-state index is 0.0273. The summed E-state index contributed by atoms with van der Waals surface area (Å²) in [6.07, 6.45) is 1.56. The number of furan rings is 1. The van der Waals surface area contributed by atoms with Gasteiger partial charge in [-0.3, -0.25) is 10.1 Å². The fraction of sp³-hybridized carbons (Fsp3) is 0.211. The van der Waals surface area contributed by atoms with Crippen LogP contribution in [-0.2, 0) is 17.6 Å². The van der Waals surface area contributed by atoms with Crippen LogP contribution in [0.5, 0.6) is 0 Å². The number of hydrogen-bond acceptors (Lipinski definition) is 5. The number of fused-ring (bicyclic) bond motifs is 3. The average Bonchev–Trinajstić information content (AvgIpc) is 2.99. The number of esters is 1. The fourth-order valence-electron chi connectivity index (χ4n) is 3.24. The van der Waals surface area contributed by atoms with E-state index in [1.165, 1.54) is 12.1 Å². The highest BCUT2D eigenvalue weighted by atomic mass is 16.6. The van der Waals surface area contributed by atoms with Crippen molar-refractivity contribution in [1.82, 2.24) is 0 Å². The van der Waals surface area contributed by atoms with Gasteiger partial charge in [0.2, 0.25) is 0 Å². The number of carbonyl (C=O) groups is 1. The number of nitro groups is 1. The number of rotatable bonds is 3. The predicted octanol–water partition coefficient (Wildman–Crippen LogP) is 4.06. The van der Waals surface area contributed by atoms with E-state index in [9.17, 15) is 14.9 Å². The molecule has 6 heteroatoms. The largest absolute Gasteiger partial charge is 0.461 e. The lowest BCUT2D eigenvalue weighted by Gasteiger charge is -2.21. The number of nitro benzene ring substituents is 1. The van der Waals surface area contributed by atoms with E-state index in [-0.39, 0.29) is 17.8 Å². The second-order valence-corrected chi connectivity index (χ2v) is 6.08. The lowest BCUT2D eigenvalue weighted by molar-refractivity contribution is -0.384. The Labute approximate surface area is 143 Å². The van der Waals surface area contributed by atoms with Gasteiger partial charge < -0.3 is 9.15 Å². The molecule has 0 saturated heterocycles. The lowest BCUT2D eigenvalue weighted by atomic mass is 9.93. The highest BCUT2D eigenvalue weighted by molar-refractivity contribution is 5.89. The van der Waals surface area contributed by atoms with E-state index in [0.29, 0.717) is 30.4 Å². The van der Waals surface area contributed by atoms with Gasteiger partial charge in [-0.1, -0.05) is 18.2 Å². The number of nitrogens with zero attached hydrogens (tertiary/aromatic N) is 1. The Hall–Kier alpha value is -3.15. The van der Waals surface area contributed by atoms with Crippen LogP contribution in [-0.4, -0.2) is 17.0 Å². The molecule has 1 atom stereocenters. The second kappa shape index (κ2) is 6.05. The second-order valence-electron chi connectivity index (χ2n) is 6.08. The van der Waals surface area contributed by atoms with Crippen molar-refractivity contribution in [3.8, 4) is 0 Å². The first kappa shape index (κ1) is 15.4. The van der Waals surface area contributed by atoms with Crippen LogP contribution in [0.25, 0.3) is 11.0 Å². The minimum atomic E-state index is -0.422. The molecule has 0 radical (unpaired) electrons. The van der Waals surface area contributed by atoms with Crippen molar-refractivity contribution in [2.45, 2.75) is 25.4 Å². The molecule has 4 rings (SSSR count). The first-order chi connectivity index (χ1) is 12.1. The van der Waals surface area contributed by atoms with Gasteiger partial charge in [0.1, 0.15) is 17.4 Å². The molecule has 0 amide bonds. The van der Waals surface area contributed by atoms with Gasteiger partial charge >= 0.3 is 5.97 Å². The van der Waals surface area contributed by atoms with Gasteiger partial charge in [0.15, 0.2) is 0 Å². The van der Waals surface area contributed by atoms with Crippen LogP contribution in [0.4, 0.5) is 5.69 Å². The summed E-state index contributed by atoms with van der Waals surface area (Å²) in [5.74, 6) is 0.468. The van der Waals surface area contributed by atoms with Gasteiger partial charge in [-0.25, -0.2) is 4.79 Å². The smallest absolute Gasteiger partial charge is 0.338 e. The molecule has 1 aromatic heterocycles. The zero-order valence-electron chi connectivity index (χ0n) is 13.3. The number of non-ortho nitro benzene ring substituents is 1. The number of ether oxygens (including phenoxy) is 1. The molecule has 0 spiro atoms. The summed E-state index contributed by atoms with van der Waals surface area (Å²) in [5.41, 5.74) is 2.07. The van der Waals surface area contributed by atoms with Crippen LogP contribution in [0.2, 0.25) is 0 Å². The molecule has 1 aliphatic rings. The summed E-state index contributed by atoms with van der Waals surface area (Å²) in [7, 11) is 0. The number of benzene rings is 2. The molecule has 126 valence electrons. The summed E-state index contributed by atoms with van der Waals surface area (Å²) in [4.78, 5) is 22.8. The molecule has 0 saturated carbocycles. The van der Waals surface area contributed by atoms with Crippen LogP contribution in [0.15, 0.2) is 52.9 Å². The minimum Gasteiger partial charge on any atom is -0.461 e. The van der Waals surface area contributed by atoms with Gasteiger partial charge in [0.05, 0.1) is 10.5 Å². The van der Waals surface area contributed by atoms with E-state index in [2.05, 4.69) is 0 Å². The Balaban J connectivity index is 1.59. The zero-order chi connectivity index (χ0) is 17.4. The maximum Gasteiger partial charge on any atom is 0.338 e. The van der Waals surface area contributed by atoms with E-state index >= 15 is 0 Å². The van der Waals surface area contributed by atoms with Crippen LogP contribution >= 0.6 is 0 Å². The van der Waals surface area contributed by atoms with Crippen molar-refractivity contribution in [3.05, 3.63) is 75.5 Å². The molecule has 2 aromatic carbocycles. The molecule has 0 fully saturated rings. The van der Waals surface area contributed by atoms with Crippen molar-refractivity contribution in [1.29, 1.82) is 0 Å². The molecule has 0 bridgehead atoms. The standard InChI is InChI=1S/C19H15NO5/c21-19(12-4-2-1-3-5-12)24-14-7-9-18-16(11-14)15-10-13(20(22)23)6-8-17(15)25-18/h1-6,8,10,14H,7,9,11H2. The van der Waals surface area contributed by atoms with E-state index in [1.54, 1.807) is 30.3 Å². The van der Waals surface area contributed by atoms with Crippen molar-refractivity contribution in [2.24, 2.45) is 0 Å². The van der Waals surface area contributed by atoms with E-state index < -0.39 is 4.92 Å². The molecule has 25 heavy (non-hydrogen) atoms. The fourth-order valence-corrected chi connectivity index (χ4v) is 3.24. The summed E-state index contributed by atoms with van der Waals surface area (Å²) in [6.45, 7) is 0. The van der Waals surface area contributed by atoms with Gasteiger partial charge in [0, 0.05) is 35.9 Å². The maximum atomic E-state index is 12.2. The quantitative estimate of drug-likeness (QED) is 0.409. The van der Waals surface area contributed by atoms with E-state index in [1.807, 2.05) is 6.07 Å². The lowest BCUT2D eigenvalue weighted by Crippen LogP contribution is -2.25. The third-order valence-corrected chi connectivity index (χ3v) is 4.48. The maximum absolute atomic E-state index is 12.2. The van der Waals surface area contributed by atoms with Crippen LogP contribution in [0.1, 0.15) is 28.1 Å². The monoisotopic (exact) mass is 337 g/mol. The van der Waals surface area contributed by atoms with Crippen LogP contribution in [0.3, 0.4) is 0 Å². The first-order valence-electron chi connectivity index (χ1n) is 8.06. The molecule has 1 unspecified atom stereocenters. The number of carbonyl (C=O) groups excluding carboxylic acids is 1. The van der Waals surface area contributed by atoms with Gasteiger partial charge in [-0.15, -0.1) is 0 Å². The van der Waals surface area contributed by atoms with Crippen LogP contribution < -0.4 is 0 Å². The van der Waals surface area contributed by atoms with Crippen LogP contribution in [0, 0.1) is 10.1 Å². The molecular formula is C19H15NO5. The van der Waals surface area contributed by atoms with Crippen molar-refractivity contribution >= 4 is 22.6 Å². The van der Waals surface area contributed by atoms with Gasteiger partial charge in [-0.05, 0) is 24.6 Å². The third kappa shape index (κ3) is 2.87. The average molecular weight is 337 g/mol. The molecule has 1 heterocycles. The Morgan fingerprint density at radius 2 is 2.00 bits per heavy atom. The molecule has 0 aliphatic heterocycles. The van der Waals surface area contributed by atoms with E-state index in [0.717, 1.165) is 16.7 Å². The summed E-state index contributed by atoms with van der Waals surface area (Å²) in [6, 6.07) is 13.4. The Kier molecular flexibility index (Phi) is 3.72. The normalized spacial score (nSPS) is 16.4. The highest BCUT2D eigenvalue weighted by Crippen LogP contribution is 2.34. The summed E-state index contributed by atoms with van der Waals surface area (Å²) < 4.78 is 11.4. The topological polar surface area (TPSA) is 82.6 Å². The van der Waals surface area contributed by atoms with Crippen molar-refractivity contribution in [2.75, 3.05) is 0 Å². The van der Waals surface area contributed by atoms with Gasteiger partial charge in [0.25, 0.3) is 5.69 Å². The molecular weight excluding hydrogens is 322 g/mol. The van der Waals surface area contributed by atoms with Gasteiger partial charge in [-0.2, -0.15) is 0 Å². The van der Waals surface area contributed by atoms with Crippen molar-refractivity contribution < 1.29 is 18.9 Å². The Morgan fingerprint density at radius 1 is 1.20 bits per heavy atom. The third-order valence-electron chi connectivity index (χ3n) is 4.48. The highest BCUT2D eigenvalue weighted by Gasteiger charge is 2.27.